The van der Waals surface area contributed by atoms with Crippen LogP contribution in [0.25, 0.3) is 0 Å². The normalized spacial score (nSPS) is 10.8. The van der Waals surface area contributed by atoms with E-state index >= 15 is 0 Å². The van der Waals surface area contributed by atoms with E-state index in [2.05, 4.69) is 41.6 Å². The molecule has 2 N–H and O–H groups in total. The lowest BCUT2D eigenvalue weighted by Gasteiger charge is -1.98. The van der Waals surface area contributed by atoms with Crippen LogP contribution in [0.4, 0.5) is 5.95 Å². The third-order valence-corrected chi connectivity index (χ3v) is 3.64. The van der Waals surface area contributed by atoms with E-state index in [0.717, 1.165) is 10.0 Å². The van der Waals surface area contributed by atoms with E-state index in [-0.39, 0.29) is 11.7 Å². The molecule has 7 nitrogen and oxygen atoms in total. The summed E-state index contributed by atoms with van der Waals surface area (Å²) in [7, 11) is 0. The summed E-state index contributed by atoms with van der Waals surface area (Å²) in [5.41, 5.74) is 3.68. The molecule has 2 rings (SSSR count). The Morgan fingerprint density at radius 2 is 2.45 bits per heavy atom. The van der Waals surface area contributed by atoms with Gasteiger partial charge in [-0.05, 0) is 24.6 Å². The summed E-state index contributed by atoms with van der Waals surface area (Å²) in [6.45, 7) is 2.13. The molecule has 116 valence electrons. The van der Waals surface area contributed by atoms with Crippen molar-refractivity contribution >= 4 is 45.8 Å². The van der Waals surface area contributed by atoms with Gasteiger partial charge in [-0.15, -0.1) is 5.10 Å². The van der Waals surface area contributed by atoms with E-state index in [0.29, 0.717) is 17.7 Å². The Labute approximate surface area is 140 Å². The molecule has 0 fully saturated rings. The number of halogens is 1. The third-order valence-electron chi connectivity index (χ3n) is 2.32. The molecular weight excluding hydrogens is 370 g/mol. The van der Waals surface area contributed by atoms with Crippen LogP contribution < -0.4 is 5.43 Å². The molecule has 1 aromatic heterocycles. The SMILES string of the molecule is CCOC(=O)CSc1n[nH]c(N/N=C\c2cccc(Br)c2)n1. The van der Waals surface area contributed by atoms with Crippen molar-refractivity contribution in [3.63, 3.8) is 0 Å². The van der Waals surface area contributed by atoms with Gasteiger partial charge in [0.1, 0.15) is 0 Å². The maximum absolute atomic E-state index is 11.2. The van der Waals surface area contributed by atoms with Gasteiger partial charge >= 0.3 is 5.97 Å². The van der Waals surface area contributed by atoms with Gasteiger partial charge in [-0.1, -0.05) is 39.8 Å². The van der Waals surface area contributed by atoms with Gasteiger partial charge in [0.05, 0.1) is 18.6 Å². The van der Waals surface area contributed by atoms with Crippen LogP contribution in [-0.2, 0) is 9.53 Å². The first-order valence-corrected chi connectivity index (χ1v) is 8.20. The molecule has 22 heavy (non-hydrogen) atoms. The molecule has 1 heterocycles. The molecule has 1 aromatic carbocycles. The van der Waals surface area contributed by atoms with Crippen molar-refractivity contribution in [2.45, 2.75) is 12.1 Å². The number of nitrogens with zero attached hydrogens (tertiary/aromatic N) is 3. The van der Waals surface area contributed by atoms with Crippen molar-refractivity contribution < 1.29 is 9.53 Å². The summed E-state index contributed by atoms with van der Waals surface area (Å²) in [5, 5.41) is 11.2. The Hall–Kier alpha value is -1.87. The maximum atomic E-state index is 11.2. The predicted molar refractivity (Wildman–Crippen MR) is 89.1 cm³/mol. The first kappa shape index (κ1) is 16.5. The Kier molecular flexibility index (Phi) is 6.41. The first-order valence-electron chi connectivity index (χ1n) is 6.43. The van der Waals surface area contributed by atoms with Crippen LogP contribution in [-0.4, -0.2) is 39.7 Å². The smallest absolute Gasteiger partial charge is 0.316 e. The van der Waals surface area contributed by atoms with Crippen molar-refractivity contribution in [2.75, 3.05) is 17.8 Å². The van der Waals surface area contributed by atoms with Crippen LogP contribution in [0.3, 0.4) is 0 Å². The maximum Gasteiger partial charge on any atom is 0.316 e. The number of nitrogens with one attached hydrogen (secondary N) is 2. The number of esters is 1. The van der Waals surface area contributed by atoms with Gasteiger partial charge in [0.2, 0.25) is 11.1 Å². The number of thioether (sulfide) groups is 1. The minimum absolute atomic E-state index is 0.173. The van der Waals surface area contributed by atoms with Gasteiger partial charge in [-0.25, -0.2) is 10.5 Å². The molecule has 0 saturated heterocycles. The largest absolute Gasteiger partial charge is 0.465 e. The molecule has 0 aliphatic carbocycles. The number of H-pyrrole nitrogens is 1. The van der Waals surface area contributed by atoms with Crippen LogP contribution in [0.2, 0.25) is 0 Å². The lowest BCUT2D eigenvalue weighted by Crippen LogP contribution is -2.06. The second-order valence-electron chi connectivity index (χ2n) is 3.99. The highest BCUT2D eigenvalue weighted by molar-refractivity contribution is 9.10. The standard InChI is InChI=1S/C13H14BrN5O2S/c1-2-21-11(20)8-22-13-16-12(18-19-13)17-15-7-9-4-3-5-10(14)6-9/h3-7H,2,8H2,1H3,(H2,16,17,18,19)/b15-7-. The highest BCUT2D eigenvalue weighted by Gasteiger charge is 2.07. The number of aromatic nitrogens is 3. The Balaban J connectivity index is 1.83. The number of ether oxygens (including phenoxy) is 1. The second kappa shape index (κ2) is 8.54. The van der Waals surface area contributed by atoms with Gasteiger partial charge < -0.3 is 4.74 Å². The summed E-state index contributed by atoms with van der Waals surface area (Å²) >= 11 is 4.59. The zero-order valence-electron chi connectivity index (χ0n) is 11.7. The fourth-order valence-electron chi connectivity index (χ4n) is 1.44. The molecule has 0 aliphatic rings. The number of hydrogen-bond acceptors (Lipinski definition) is 7. The topological polar surface area (TPSA) is 92.3 Å². The van der Waals surface area contributed by atoms with Crippen LogP contribution in [0.1, 0.15) is 12.5 Å². The minimum Gasteiger partial charge on any atom is -0.465 e. The molecule has 9 heteroatoms. The second-order valence-corrected chi connectivity index (χ2v) is 5.84. The van der Waals surface area contributed by atoms with E-state index in [1.807, 2.05) is 24.3 Å². The molecule has 0 aliphatic heterocycles. The molecule has 2 aromatic rings. The van der Waals surface area contributed by atoms with Crippen LogP contribution in [0.5, 0.6) is 0 Å². The first-order chi connectivity index (χ1) is 10.7. The van der Waals surface area contributed by atoms with Crippen LogP contribution in [0.15, 0.2) is 39.0 Å². The van der Waals surface area contributed by atoms with Gasteiger partial charge in [0.25, 0.3) is 0 Å². The summed E-state index contributed by atoms with van der Waals surface area (Å²) in [4.78, 5) is 15.4. The predicted octanol–water partition coefficient (Wildman–Crippen LogP) is 2.67. The molecule has 0 unspecified atom stereocenters. The fourth-order valence-corrected chi connectivity index (χ4v) is 2.46. The van der Waals surface area contributed by atoms with Crippen molar-refractivity contribution in [1.29, 1.82) is 0 Å². The van der Waals surface area contributed by atoms with E-state index in [4.69, 9.17) is 4.74 Å². The van der Waals surface area contributed by atoms with Crippen molar-refractivity contribution in [3.8, 4) is 0 Å². The number of hydrogen-bond donors (Lipinski definition) is 2. The summed E-state index contributed by atoms with van der Waals surface area (Å²) < 4.78 is 5.81. The summed E-state index contributed by atoms with van der Waals surface area (Å²) in [5.74, 6) is 0.281. The monoisotopic (exact) mass is 383 g/mol. The average molecular weight is 384 g/mol. The quantitative estimate of drug-likeness (QED) is 0.330. The van der Waals surface area contributed by atoms with Crippen LogP contribution >= 0.6 is 27.7 Å². The highest BCUT2D eigenvalue weighted by Crippen LogP contribution is 2.14. The Morgan fingerprint density at radius 3 is 3.23 bits per heavy atom. The van der Waals surface area contributed by atoms with Crippen molar-refractivity contribution in [3.05, 3.63) is 34.3 Å². The summed E-state index contributed by atoms with van der Waals surface area (Å²) in [6.07, 6.45) is 1.67. The molecule has 0 bridgehead atoms. The molecule has 0 radical (unpaired) electrons. The van der Waals surface area contributed by atoms with Gasteiger partial charge in [0, 0.05) is 4.47 Å². The molecule has 0 atom stereocenters. The molecule has 0 saturated carbocycles. The zero-order valence-corrected chi connectivity index (χ0v) is 14.1. The lowest BCUT2D eigenvalue weighted by atomic mass is 10.2. The van der Waals surface area contributed by atoms with Gasteiger partial charge in [-0.3, -0.25) is 4.79 Å². The van der Waals surface area contributed by atoms with E-state index in [1.165, 1.54) is 11.8 Å². The number of anilines is 1. The minimum atomic E-state index is -0.292. The van der Waals surface area contributed by atoms with Gasteiger partial charge in [-0.2, -0.15) is 10.1 Å². The third kappa shape index (κ3) is 5.49. The number of carbonyl (C=O) groups excluding carboxylic acids is 1. The van der Waals surface area contributed by atoms with E-state index in [9.17, 15) is 4.79 Å². The number of aromatic amines is 1. The number of carbonyl (C=O) groups is 1. The molecule has 0 spiro atoms. The number of hydrazone groups is 1. The highest BCUT2D eigenvalue weighted by atomic mass is 79.9. The van der Waals surface area contributed by atoms with E-state index < -0.39 is 0 Å². The lowest BCUT2D eigenvalue weighted by molar-refractivity contribution is -0.139. The van der Waals surface area contributed by atoms with Crippen LogP contribution in [0, 0.1) is 0 Å². The summed E-state index contributed by atoms with van der Waals surface area (Å²) in [6, 6.07) is 7.72. The Bertz CT molecular complexity index is 661. The van der Waals surface area contributed by atoms with Gasteiger partial charge in [0.15, 0.2) is 0 Å². The average Bonchev–Trinajstić information content (AvgIpc) is 2.94. The molecular formula is C13H14BrN5O2S. The van der Waals surface area contributed by atoms with Crippen molar-refractivity contribution in [1.82, 2.24) is 15.2 Å². The zero-order chi connectivity index (χ0) is 15.8. The van der Waals surface area contributed by atoms with Crippen molar-refractivity contribution in [2.24, 2.45) is 5.10 Å². The number of rotatable bonds is 7. The molecule has 0 amide bonds. The fraction of sp³-hybridized carbons (Fsp3) is 0.231. The Morgan fingerprint density at radius 1 is 1.59 bits per heavy atom. The number of benzene rings is 1. The van der Waals surface area contributed by atoms with E-state index in [1.54, 1.807) is 13.1 Å².